The predicted octanol–water partition coefficient (Wildman–Crippen LogP) is 1.77. The zero-order valence-corrected chi connectivity index (χ0v) is 10.9. The molecule has 1 aromatic heterocycles. The standard InChI is InChI=1S/C13H17N3O3/c1-18-11-8-15-10(19-11)7-16-12(17)13(9-14)5-3-2-4-6-13/h8H,2-7H2,1H3,(H,16,17). The number of methoxy groups -OCH3 is 1. The van der Waals surface area contributed by atoms with E-state index in [0.29, 0.717) is 24.7 Å². The molecule has 102 valence electrons. The van der Waals surface area contributed by atoms with Crippen LogP contribution in [0.15, 0.2) is 10.6 Å². The van der Waals surface area contributed by atoms with E-state index in [4.69, 9.17) is 9.15 Å². The topological polar surface area (TPSA) is 88.1 Å². The highest BCUT2D eigenvalue weighted by molar-refractivity contribution is 5.85. The van der Waals surface area contributed by atoms with Crippen molar-refractivity contribution in [1.82, 2.24) is 10.3 Å². The third-order valence-corrected chi connectivity index (χ3v) is 3.49. The number of hydrogen-bond acceptors (Lipinski definition) is 5. The van der Waals surface area contributed by atoms with Gasteiger partial charge in [-0.2, -0.15) is 5.26 Å². The van der Waals surface area contributed by atoms with Crippen LogP contribution < -0.4 is 10.1 Å². The fourth-order valence-corrected chi connectivity index (χ4v) is 2.34. The van der Waals surface area contributed by atoms with Crippen molar-refractivity contribution in [3.05, 3.63) is 12.1 Å². The zero-order valence-electron chi connectivity index (χ0n) is 10.9. The molecule has 0 unspecified atom stereocenters. The monoisotopic (exact) mass is 263 g/mol. The summed E-state index contributed by atoms with van der Waals surface area (Å²) < 4.78 is 10.1. The highest BCUT2D eigenvalue weighted by atomic mass is 16.6. The normalized spacial score (nSPS) is 17.5. The van der Waals surface area contributed by atoms with Gasteiger partial charge in [-0.1, -0.05) is 19.3 Å². The van der Waals surface area contributed by atoms with Crippen LogP contribution in [-0.2, 0) is 11.3 Å². The molecule has 0 atom stereocenters. The van der Waals surface area contributed by atoms with E-state index in [1.807, 2.05) is 0 Å². The Balaban J connectivity index is 1.94. The van der Waals surface area contributed by atoms with Crippen molar-refractivity contribution in [2.24, 2.45) is 5.41 Å². The number of carbonyl (C=O) groups excluding carboxylic acids is 1. The van der Waals surface area contributed by atoms with Gasteiger partial charge in [-0.15, -0.1) is 0 Å². The molecule has 1 fully saturated rings. The molecule has 1 aromatic rings. The van der Waals surface area contributed by atoms with Gasteiger partial charge < -0.3 is 14.5 Å². The molecule has 0 aromatic carbocycles. The lowest BCUT2D eigenvalue weighted by Gasteiger charge is -2.28. The average Bonchev–Trinajstić information content (AvgIpc) is 2.93. The molecule has 0 bridgehead atoms. The van der Waals surface area contributed by atoms with Crippen molar-refractivity contribution in [3.8, 4) is 12.0 Å². The van der Waals surface area contributed by atoms with Crippen molar-refractivity contribution in [2.45, 2.75) is 38.6 Å². The van der Waals surface area contributed by atoms with Gasteiger partial charge in [0.15, 0.2) is 0 Å². The van der Waals surface area contributed by atoms with Crippen molar-refractivity contribution in [1.29, 1.82) is 5.26 Å². The quantitative estimate of drug-likeness (QED) is 0.894. The molecule has 1 amide bonds. The number of amides is 1. The average molecular weight is 263 g/mol. The Morgan fingerprint density at radius 3 is 2.89 bits per heavy atom. The summed E-state index contributed by atoms with van der Waals surface area (Å²) in [4.78, 5) is 16.1. The highest BCUT2D eigenvalue weighted by Gasteiger charge is 2.39. The molecule has 0 saturated heterocycles. The lowest BCUT2D eigenvalue weighted by Crippen LogP contribution is -2.41. The molecule has 6 nitrogen and oxygen atoms in total. The minimum atomic E-state index is -0.880. The van der Waals surface area contributed by atoms with Crippen LogP contribution in [0.25, 0.3) is 0 Å². The van der Waals surface area contributed by atoms with Crippen LogP contribution in [0.2, 0.25) is 0 Å². The number of carbonyl (C=O) groups is 1. The van der Waals surface area contributed by atoms with Gasteiger partial charge in [0.05, 0.1) is 19.7 Å². The van der Waals surface area contributed by atoms with E-state index < -0.39 is 5.41 Å². The summed E-state index contributed by atoms with van der Waals surface area (Å²) >= 11 is 0. The molecule has 1 saturated carbocycles. The van der Waals surface area contributed by atoms with E-state index in [0.717, 1.165) is 19.3 Å². The fraction of sp³-hybridized carbons (Fsp3) is 0.615. The summed E-state index contributed by atoms with van der Waals surface area (Å²) in [5.41, 5.74) is -0.880. The molecule has 6 heteroatoms. The summed E-state index contributed by atoms with van der Waals surface area (Å²) in [6.45, 7) is 0.172. The maximum atomic E-state index is 12.2. The Labute approximate surface area is 111 Å². The molecule has 0 radical (unpaired) electrons. The third-order valence-electron chi connectivity index (χ3n) is 3.49. The molecular weight excluding hydrogens is 246 g/mol. The smallest absolute Gasteiger partial charge is 0.304 e. The summed E-state index contributed by atoms with van der Waals surface area (Å²) in [6.07, 6.45) is 5.64. The molecule has 1 aliphatic carbocycles. The lowest BCUT2D eigenvalue weighted by molar-refractivity contribution is -0.129. The summed E-state index contributed by atoms with van der Waals surface area (Å²) in [6, 6.07) is 2.18. The first kappa shape index (κ1) is 13.4. The number of nitriles is 1. The minimum Gasteiger partial charge on any atom is -0.467 e. The van der Waals surface area contributed by atoms with Crippen molar-refractivity contribution in [2.75, 3.05) is 7.11 Å². The summed E-state index contributed by atoms with van der Waals surface area (Å²) in [7, 11) is 1.48. The second-order valence-corrected chi connectivity index (χ2v) is 4.71. The Bertz CT molecular complexity index is 484. The van der Waals surface area contributed by atoms with Gasteiger partial charge in [-0.25, -0.2) is 4.98 Å². The van der Waals surface area contributed by atoms with Gasteiger partial charge >= 0.3 is 5.95 Å². The Kier molecular flexibility index (Phi) is 4.05. The highest BCUT2D eigenvalue weighted by Crippen LogP contribution is 2.35. The molecule has 19 heavy (non-hydrogen) atoms. The number of hydrogen-bond donors (Lipinski definition) is 1. The van der Waals surface area contributed by atoms with E-state index in [-0.39, 0.29) is 12.5 Å². The Morgan fingerprint density at radius 1 is 1.58 bits per heavy atom. The van der Waals surface area contributed by atoms with E-state index in [2.05, 4.69) is 16.4 Å². The van der Waals surface area contributed by atoms with E-state index in [1.54, 1.807) is 0 Å². The third kappa shape index (κ3) is 2.87. The second kappa shape index (κ2) is 5.74. The number of rotatable bonds is 4. The zero-order chi connectivity index (χ0) is 13.7. The summed E-state index contributed by atoms with van der Waals surface area (Å²) in [5, 5.41) is 12.0. The van der Waals surface area contributed by atoms with Crippen LogP contribution in [-0.4, -0.2) is 18.0 Å². The molecule has 1 N–H and O–H groups in total. The number of aromatic nitrogens is 1. The fourth-order valence-electron chi connectivity index (χ4n) is 2.34. The first-order valence-electron chi connectivity index (χ1n) is 6.38. The number of nitrogens with one attached hydrogen (secondary N) is 1. The van der Waals surface area contributed by atoms with Gasteiger partial charge in [0.1, 0.15) is 11.6 Å². The van der Waals surface area contributed by atoms with Crippen LogP contribution in [0.3, 0.4) is 0 Å². The van der Waals surface area contributed by atoms with Crippen LogP contribution in [0.5, 0.6) is 5.95 Å². The number of ether oxygens (including phenoxy) is 1. The van der Waals surface area contributed by atoms with Gasteiger partial charge in [0.25, 0.3) is 0 Å². The predicted molar refractivity (Wildman–Crippen MR) is 66.0 cm³/mol. The molecule has 0 aliphatic heterocycles. The molecule has 2 rings (SSSR count). The SMILES string of the molecule is COc1cnc(CNC(=O)C2(C#N)CCCCC2)o1. The summed E-state index contributed by atoms with van der Waals surface area (Å²) in [5.74, 6) is 0.442. The first-order valence-corrected chi connectivity index (χ1v) is 6.38. The maximum Gasteiger partial charge on any atom is 0.304 e. The minimum absolute atomic E-state index is 0.172. The van der Waals surface area contributed by atoms with Gasteiger partial charge in [0, 0.05) is 0 Å². The molecular formula is C13H17N3O3. The van der Waals surface area contributed by atoms with Gasteiger partial charge in [-0.3, -0.25) is 4.79 Å². The molecule has 1 heterocycles. The van der Waals surface area contributed by atoms with Crippen LogP contribution in [0.4, 0.5) is 0 Å². The van der Waals surface area contributed by atoms with Crippen LogP contribution in [0, 0.1) is 16.7 Å². The van der Waals surface area contributed by atoms with E-state index in [9.17, 15) is 10.1 Å². The van der Waals surface area contributed by atoms with E-state index >= 15 is 0 Å². The maximum absolute atomic E-state index is 12.2. The number of oxazole rings is 1. The number of nitrogens with zero attached hydrogens (tertiary/aromatic N) is 2. The van der Waals surface area contributed by atoms with Crippen LogP contribution >= 0.6 is 0 Å². The first-order chi connectivity index (χ1) is 9.20. The molecule has 1 aliphatic rings. The molecule has 0 spiro atoms. The Hall–Kier alpha value is -2.03. The largest absolute Gasteiger partial charge is 0.467 e. The van der Waals surface area contributed by atoms with E-state index in [1.165, 1.54) is 13.3 Å². The van der Waals surface area contributed by atoms with Gasteiger partial charge in [-0.05, 0) is 12.8 Å². The van der Waals surface area contributed by atoms with Crippen molar-refractivity contribution in [3.63, 3.8) is 0 Å². The van der Waals surface area contributed by atoms with Gasteiger partial charge in [0.2, 0.25) is 11.8 Å². The Morgan fingerprint density at radius 2 is 2.32 bits per heavy atom. The van der Waals surface area contributed by atoms with Crippen molar-refractivity contribution < 1.29 is 13.9 Å². The lowest BCUT2D eigenvalue weighted by atomic mass is 9.74. The second-order valence-electron chi connectivity index (χ2n) is 4.71. The van der Waals surface area contributed by atoms with Crippen LogP contribution in [0.1, 0.15) is 38.0 Å². The van der Waals surface area contributed by atoms with Crippen molar-refractivity contribution >= 4 is 5.91 Å².